The van der Waals surface area contributed by atoms with Crippen molar-refractivity contribution >= 4 is 22.9 Å². The minimum absolute atomic E-state index is 0.188. The minimum Gasteiger partial charge on any atom is -0.387 e. The number of nitrogens with one attached hydrogen (secondary N) is 2. The van der Waals surface area contributed by atoms with Crippen molar-refractivity contribution in [2.45, 2.75) is 13.3 Å². The molecule has 144 valence electrons. The van der Waals surface area contributed by atoms with Gasteiger partial charge >= 0.3 is 0 Å². The quantitative estimate of drug-likeness (QED) is 0.504. The van der Waals surface area contributed by atoms with Gasteiger partial charge in [0.25, 0.3) is 0 Å². The molecule has 0 radical (unpaired) electrons. The molecule has 0 saturated carbocycles. The van der Waals surface area contributed by atoms with E-state index >= 15 is 0 Å². The van der Waals surface area contributed by atoms with Gasteiger partial charge in [0.15, 0.2) is 11.7 Å². The number of anilines is 1. The summed E-state index contributed by atoms with van der Waals surface area (Å²) in [6, 6.07) is 9.23. The molecule has 6 nitrogen and oxygen atoms in total. The molecule has 0 amide bonds. The number of hydrogen-bond acceptors (Lipinski definition) is 4. The van der Waals surface area contributed by atoms with Crippen LogP contribution in [0.2, 0.25) is 0 Å². The number of hydrogen-bond donors (Lipinski definition) is 2. The van der Waals surface area contributed by atoms with E-state index in [1.54, 1.807) is 0 Å². The van der Waals surface area contributed by atoms with E-state index in [-0.39, 0.29) is 5.69 Å². The maximum Gasteiger partial charge on any atom is 0.167 e. The summed E-state index contributed by atoms with van der Waals surface area (Å²) in [5.74, 6) is -0.0376. The molecule has 2 N–H and O–H groups in total. The van der Waals surface area contributed by atoms with E-state index in [4.69, 9.17) is 0 Å². The summed E-state index contributed by atoms with van der Waals surface area (Å²) in [4.78, 5) is 12.9. The Balaban J connectivity index is 2.02. The molecule has 0 unspecified atom stereocenters. The van der Waals surface area contributed by atoms with Gasteiger partial charge in [-0.1, -0.05) is 19.6 Å². The Morgan fingerprint density at radius 3 is 2.82 bits per heavy atom. The van der Waals surface area contributed by atoms with Crippen molar-refractivity contribution < 1.29 is 4.39 Å². The second kappa shape index (κ2) is 8.47. The van der Waals surface area contributed by atoms with Crippen molar-refractivity contribution in [1.82, 2.24) is 19.9 Å². The molecule has 0 aliphatic carbocycles. The first-order chi connectivity index (χ1) is 13.5. The number of aromatic nitrogens is 3. The summed E-state index contributed by atoms with van der Waals surface area (Å²) in [7, 11) is 3.74. The summed E-state index contributed by atoms with van der Waals surface area (Å²) in [5.41, 5.74) is 4.14. The van der Waals surface area contributed by atoms with Crippen LogP contribution in [-0.4, -0.2) is 27.4 Å². The predicted octanol–water partition coefficient (Wildman–Crippen LogP) is 3.90. The largest absolute Gasteiger partial charge is 0.387 e. The van der Waals surface area contributed by atoms with Gasteiger partial charge in [-0.25, -0.2) is 9.38 Å². The Labute approximate surface area is 163 Å². The highest BCUT2D eigenvalue weighted by Crippen LogP contribution is 2.20. The molecule has 0 aliphatic rings. The van der Waals surface area contributed by atoms with E-state index in [0.29, 0.717) is 17.2 Å². The van der Waals surface area contributed by atoms with E-state index < -0.39 is 5.82 Å². The highest BCUT2D eigenvalue weighted by atomic mass is 19.1. The fourth-order valence-electron chi connectivity index (χ4n) is 2.72. The van der Waals surface area contributed by atoms with E-state index in [9.17, 15) is 4.39 Å². The topological polar surface area (TPSA) is 67.1 Å². The van der Waals surface area contributed by atoms with Crippen LogP contribution < -0.4 is 10.6 Å². The molecule has 3 heterocycles. The van der Waals surface area contributed by atoms with Crippen LogP contribution in [0.3, 0.4) is 0 Å². The van der Waals surface area contributed by atoms with Gasteiger partial charge in [0.05, 0.1) is 29.0 Å². The lowest BCUT2D eigenvalue weighted by atomic mass is 10.2. The highest BCUT2D eigenvalue weighted by Gasteiger charge is 2.14. The Bertz CT molecular complexity index is 1020. The molecule has 28 heavy (non-hydrogen) atoms. The number of pyridine rings is 2. The molecule has 0 fully saturated rings. The lowest BCUT2D eigenvalue weighted by molar-refractivity contribution is 0.623. The molecular formula is C21H23FN6. The summed E-state index contributed by atoms with van der Waals surface area (Å²) in [6.07, 6.45) is 5.40. The summed E-state index contributed by atoms with van der Waals surface area (Å²) < 4.78 is 16.0. The van der Waals surface area contributed by atoms with Crippen LogP contribution in [0.1, 0.15) is 24.0 Å². The van der Waals surface area contributed by atoms with Crippen LogP contribution in [0.15, 0.2) is 60.5 Å². The van der Waals surface area contributed by atoms with Crippen molar-refractivity contribution in [2.75, 3.05) is 12.4 Å². The van der Waals surface area contributed by atoms with E-state index in [1.807, 2.05) is 56.0 Å². The van der Waals surface area contributed by atoms with Crippen LogP contribution in [0.5, 0.6) is 0 Å². The van der Waals surface area contributed by atoms with E-state index in [2.05, 4.69) is 32.2 Å². The molecule has 0 bridgehead atoms. The van der Waals surface area contributed by atoms with Gasteiger partial charge in [0, 0.05) is 32.2 Å². The zero-order valence-corrected chi connectivity index (χ0v) is 16.2. The molecule has 0 aliphatic heterocycles. The third kappa shape index (κ3) is 4.25. The number of halogens is 1. The maximum atomic E-state index is 14.1. The Morgan fingerprint density at radius 2 is 2.14 bits per heavy atom. The second-order valence-electron chi connectivity index (χ2n) is 6.23. The summed E-state index contributed by atoms with van der Waals surface area (Å²) in [6.45, 7) is 6.15. The van der Waals surface area contributed by atoms with Crippen LogP contribution in [0, 0.1) is 5.82 Å². The monoisotopic (exact) mass is 378 g/mol. The maximum absolute atomic E-state index is 14.1. The van der Waals surface area contributed by atoms with Gasteiger partial charge < -0.3 is 15.2 Å². The predicted molar refractivity (Wildman–Crippen MR) is 111 cm³/mol. The number of nitrogens with zero attached hydrogens (tertiary/aromatic N) is 4. The molecule has 3 aromatic heterocycles. The third-order valence-corrected chi connectivity index (χ3v) is 4.27. The highest BCUT2D eigenvalue weighted by molar-refractivity contribution is 6.04. The summed E-state index contributed by atoms with van der Waals surface area (Å²) >= 11 is 0. The van der Waals surface area contributed by atoms with Gasteiger partial charge in [0.1, 0.15) is 5.69 Å². The fraction of sp³-hybridized carbons (Fsp3) is 0.190. The van der Waals surface area contributed by atoms with Crippen LogP contribution in [-0.2, 0) is 13.5 Å². The van der Waals surface area contributed by atoms with Crippen molar-refractivity contribution in [3.63, 3.8) is 0 Å². The molecule has 0 atom stereocenters. The number of rotatable bonds is 6. The van der Waals surface area contributed by atoms with Crippen LogP contribution >= 0.6 is 0 Å². The first-order valence-corrected chi connectivity index (χ1v) is 8.96. The van der Waals surface area contributed by atoms with Crippen molar-refractivity contribution in [3.05, 3.63) is 78.4 Å². The van der Waals surface area contributed by atoms with Crippen molar-refractivity contribution in [1.29, 1.82) is 0 Å². The van der Waals surface area contributed by atoms with Gasteiger partial charge in [-0.05, 0) is 30.7 Å². The average molecular weight is 378 g/mol. The first kappa shape index (κ1) is 19.3. The van der Waals surface area contributed by atoms with Gasteiger partial charge in [0.2, 0.25) is 0 Å². The molecular weight excluding hydrogens is 355 g/mol. The SMILES string of the molecule is C=C(NC(=Nc1ccncc1F)c1cc(NC)cn1C)c1cccc(CC)n1. The molecule has 0 saturated heterocycles. The summed E-state index contributed by atoms with van der Waals surface area (Å²) in [5, 5.41) is 6.31. The van der Waals surface area contributed by atoms with Crippen LogP contribution in [0.25, 0.3) is 5.70 Å². The third-order valence-electron chi connectivity index (χ3n) is 4.27. The van der Waals surface area contributed by atoms with Crippen molar-refractivity contribution in [3.8, 4) is 0 Å². The van der Waals surface area contributed by atoms with Gasteiger partial charge in [-0.3, -0.25) is 9.97 Å². The molecule has 0 aromatic carbocycles. The smallest absolute Gasteiger partial charge is 0.167 e. The van der Waals surface area contributed by atoms with Crippen molar-refractivity contribution in [2.24, 2.45) is 12.0 Å². The molecule has 0 spiro atoms. The zero-order valence-electron chi connectivity index (χ0n) is 16.2. The lowest BCUT2D eigenvalue weighted by Crippen LogP contribution is -2.25. The standard InChI is InChI=1S/C21H23FN6/c1-5-15-7-6-8-18(26-15)14(2)25-21(20-11-16(23-3)13-28(20)4)27-19-9-10-24-12-17(19)22/h6-13,23H,2,5H2,1,3-4H3,(H,24,25,27). The van der Waals surface area contributed by atoms with Gasteiger partial charge in [-0.15, -0.1) is 0 Å². The molecule has 3 rings (SSSR count). The normalized spacial score (nSPS) is 11.4. The average Bonchev–Trinajstić information content (AvgIpc) is 3.09. The zero-order chi connectivity index (χ0) is 20.1. The second-order valence-corrected chi connectivity index (χ2v) is 6.23. The van der Waals surface area contributed by atoms with Gasteiger partial charge in [-0.2, -0.15) is 0 Å². The lowest BCUT2D eigenvalue weighted by Gasteiger charge is -2.14. The minimum atomic E-state index is -0.499. The fourth-order valence-corrected chi connectivity index (χ4v) is 2.72. The Hall–Kier alpha value is -3.48. The van der Waals surface area contributed by atoms with E-state index in [0.717, 1.165) is 29.7 Å². The number of aliphatic imine (C=N–C) groups is 1. The van der Waals surface area contributed by atoms with E-state index in [1.165, 1.54) is 12.3 Å². The number of amidine groups is 1. The molecule has 7 heteroatoms. The van der Waals surface area contributed by atoms with Crippen LogP contribution in [0.4, 0.5) is 15.8 Å². The Morgan fingerprint density at radius 1 is 1.32 bits per heavy atom. The number of aryl methyl sites for hydroxylation is 2. The Kier molecular flexibility index (Phi) is 5.84. The molecule has 3 aromatic rings. The first-order valence-electron chi connectivity index (χ1n) is 8.96.